The van der Waals surface area contributed by atoms with Crippen LogP contribution in [-0.4, -0.2) is 54.1 Å². The summed E-state index contributed by atoms with van der Waals surface area (Å²) in [5, 5.41) is 0. The van der Waals surface area contributed by atoms with E-state index >= 15 is 0 Å². The summed E-state index contributed by atoms with van der Waals surface area (Å²) < 4.78 is 0. The largest absolute Gasteiger partial charge is 0.326 e. The van der Waals surface area contributed by atoms with Crippen molar-refractivity contribution < 1.29 is 0 Å². The van der Waals surface area contributed by atoms with Crippen molar-refractivity contribution in [3.63, 3.8) is 0 Å². The van der Waals surface area contributed by atoms with Gasteiger partial charge in [0, 0.05) is 37.8 Å². The van der Waals surface area contributed by atoms with Crippen molar-refractivity contribution >= 4 is 0 Å². The van der Waals surface area contributed by atoms with Crippen LogP contribution in [0.3, 0.4) is 0 Å². The van der Waals surface area contributed by atoms with Gasteiger partial charge in [-0.2, -0.15) is 0 Å². The average molecular weight is 239 g/mol. The summed E-state index contributed by atoms with van der Waals surface area (Å²) in [4.78, 5) is 5.28. The van der Waals surface area contributed by atoms with Gasteiger partial charge in [0.25, 0.3) is 0 Å². The Morgan fingerprint density at radius 3 is 2.65 bits per heavy atom. The third-order valence-corrected chi connectivity index (χ3v) is 4.61. The van der Waals surface area contributed by atoms with Gasteiger partial charge in [-0.15, -0.1) is 0 Å². The second kappa shape index (κ2) is 4.87. The predicted molar refractivity (Wildman–Crippen MR) is 73.1 cm³/mol. The maximum atomic E-state index is 6.33. The Kier molecular flexibility index (Phi) is 3.81. The van der Waals surface area contributed by atoms with Crippen molar-refractivity contribution in [1.29, 1.82) is 0 Å². The molecule has 3 nitrogen and oxygen atoms in total. The molecule has 0 aromatic rings. The van der Waals surface area contributed by atoms with E-state index in [1.165, 1.54) is 32.5 Å². The molecule has 0 radical (unpaired) electrons. The van der Waals surface area contributed by atoms with E-state index in [-0.39, 0.29) is 11.5 Å². The third-order valence-electron chi connectivity index (χ3n) is 4.61. The molecule has 2 aliphatic rings. The molecule has 2 heterocycles. The first kappa shape index (κ1) is 13.3. The first-order valence-corrected chi connectivity index (χ1v) is 7.11. The first-order chi connectivity index (χ1) is 7.88. The molecular weight excluding hydrogens is 210 g/mol. The quantitative estimate of drug-likeness (QED) is 0.793. The Hall–Kier alpha value is -0.120. The molecule has 3 atom stereocenters. The van der Waals surface area contributed by atoms with Crippen LogP contribution in [0.2, 0.25) is 0 Å². The van der Waals surface area contributed by atoms with E-state index in [4.69, 9.17) is 5.73 Å². The van der Waals surface area contributed by atoms with E-state index in [1.807, 2.05) is 0 Å². The van der Waals surface area contributed by atoms with E-state index in [1.54, 1.807) is 0 Å². The van der Waals surface area contributed by atoms with Gasteiger partial charge < -0.3 is 5.73 Å². The van der Waals surface area contributed by atoms with Crippen LogP contribution < -0.4 is 5.73 Å². The second-order valence-corrected chi connectivity index (χ2v) is 7.07. The van der Waals surface area contributed by atoms with Gasteiger partial charge >= 0.3 is 0 Å². The molecule has 0 bridgehead atoms. The highest BCUT2D eigenvalue weighted by molar-refractivity contribution is 4.92. The SMILES string of the molecule is CC1CN2CCCC2CN1CC(N)C(C)(C)C. The molecule has 0 aliphatic carbocycles. The molecule has 2 aliphatic heterocycles. The van der Waals surface area contributed by atoms with Crippen LogP contribution in [0.5, 0.6) is 0 Å². The molecule has 3 unspecified atom stereocenters. The van der Waals surface area contributed by atoms with Crippen molar-refractivity contribution in [2.24, 2.45) is 11.1 Å². The van der Waals surface area contributed by atoms with Gasteiger partial charge in [-0.25, -0.2) is 0 Å². The molecule has 2 fully saturated rings. The van der Waals surface area contributed by atoms with E-state index in [2.05, 4.69) is 37.5 Å². The van der Waals surface area contributed by atoms with Gasteiger partial charge in [0.2, 0.25) is 0 Å². The fraction of sp³-hybridized carbons (Fsp3) is 1.00. The minimum absolute atomic E-state index is 0.215. The van der Waals surface area contributed by atoms with E-state index in [0.29, 0.717) is 6.04 Å². The fourth-order valence-electron chi connectivity index (χ4n) is 3.03. The number of piperazine rings is 1. The molecule has 3 heteroatoms. The highest BCUT2D eigenvalue weighted by atomic mass is 15.3. The topological polar surface area (TPSA) is 32.5 Å². The molecule has 2 rings (SSSR count). The van der Waals surface area contributed by atoms with Gasteiger partial charge in [-0.3, -0.25) is 9.80 Å². The molecule has 0 aromatic heterocycles. The molecule has 2 N–H and O–H groups in total. The number of nitrogens with two attached hydrogens (primary N) is 1. The monoisotopic (exact) mass is 239 g/mol. The lowest BCUT2D eigenvalue weighted by Gasteiger charge is -2.44. The summed E-state index contributed by atoms with van der Waals surface area (Å²) in [5.41, 5.74) is 6.54. The minimum Gasteiger partial charge on any atom is -0.326 e. The first-order valence-electron chi connectivity index (χ1n) is 7.11. The Bertz CT molecular complexity index is 259. The van der Waals surface area contributed by atoms with Crippen LogP contribution in [0.1, 0.15) is 40.5 Å². The summed E-state index contributed by atoms with van der Waals surface area (Å²) in [7, 11) is 0. The lowest BCUT2D eigenvalue weighted by atomic mass is 9.86. The summed E-state index contributed by atoms with van der Waals surface area (Å²) in [6.45, 7) is 13.9. The summed E-state index contributed by atoms with van der Waals surface area (Å²) in [5.74, 6) is 0. The normalized spacial score (nSPS) is 33.7. The fourth-order valence-corrected chi connectivity index (χ4v) is 3.03. The Balaban J connectivity index is 1.92. The molecule has 0 amide bonds. The minimum atomic E-state index is 0.215. The van der Waals surface area contributed by atoms with Gasteiger partial charge in [0.1, 0.15) is 0 Å². The lowest BCUT2D eigenvalue weighted by molar-refractivity contribution is 0.0460. The third kappa shape index (κ3) is 3.01. The van der Waals surface area contributed by atoms with Crippen LogP contribution >= 0.6 is 0 Å². The summed E-state index contributed by atoms with van der Waals surface area (Å²) in [6.07, 6.45) is 2.77. The summed E-state index contributed by atoms with van der Waals surface area (Å²) in [6, 6.07) is 1.74. The zero-order chi connectivity index (χ0) is 12.6. The average Bonchev–Trinajstić information content (AvgIpc) is 2.63. The molecule has 17 heavy (non-hydrogen) atoms. The van der Waals surface area contributed by atoms with Crippen LogP contribution in [0.15, 0.2) is 0 Å². The number of fused-ring (bicyclic) bond motifs is 1. The van der Waals surface area contributed by atoms with Gasteiger partial charge in [-0.1, -0.05) is 20.8 Å². The van der Waals surface area contributed by atoms with Crippen molar-refractivity contribution in [1.82, 2.24) is 9.80 Å². The highest BCUT2D eigenvalue weighted by Gasteiger charge is 2.35. The second-order valence-electron chi connectivity index (χ2n) is 7.07. The van der Waals surface area contributed by atoms with E-state index in [0.717, 1.165) is 12.6 Å². The van der Waals surface area contributed by atoms with Crippen LogP contribution in [0, 0.1) is 5.41 Å². The molecule has 0 spiro atoms. The number of hydrogen-bond donors (Lipinski definition) is 1. The summed E-state index contributed by atoms with van der Waals surface area (Å²) >= 11 is 0. The lowest BCUT2D eigenvalue weighted by Crippen LogP contribution is -2.58. The van der Waals surface area contributed by atoms with Crippen molar-refractivity contribution in [3.8, 4) is 0 Å². The highest BCUT2D eigenvalue weighted by Crippen LogP contribution is 2.26. The number of hydrogen-bond acceptors (Lipinski definition) is 3. The van der Waals surface area contributed by atoms with Crippen molar-refractivity contribution in [3.05, 3.63) is 0 Å². The molecular formula is C14H29N3. The maximum absolute atomic E-state index is 6.33. The van der Waals surface area contributed by atoms with Crippen molar-refractivity contribution in [2.75, 3.05) is 26.2 Å². The zero-order valence-corrected chi connectivity index (χ0v) is 11.9. The molecule has 0 saturated carbocycles. The smallest absolute Gasteiger partial charge is 0.0224 e. The molecule has 2 saturated heterocycles. The van der Waals surface area contributed by atoms with Crippen LogP contribution in [0.25, 0.3) is 0 Å². The van der Waals surface area contributed by atoms with Gasteiger partial charge in [-0.05, 0) is 31.7 Å². The standard InChI is InChI=1S/C14H29N3/c1-11-8-16-7-5-6-12(16)9-17(11)10-13(15)14(2,3)4/h11-13H,5-10,15H2,1-4H3. The Labute approximate surface area is 106 Å². The van der Waals surface area contributed by atoms with Gasteiger partial charge in [0.15, 0.2) is 0 Å². The molecule has 0 aromatic carbocycles. The van der Waals surface area contributed by atoms with Crippen LogP contribution in [0.4, 0.5) is 0 Å². The maximum Gasteiger partial charge on any atom is 0.0224 e. The Morgan fingerprint density at radius 2 is 2.00 bits per heavy atom. The number of nitrogens with zero attached hydrogens (tertiary/aromatic N) is 2. The van der Waals surface area contributed by atoms with Crippen molar-refractivity contribution in [2.45, 2.75) is 58.7 Å². The Morgan fingerprint density at radius 1 is 1.29 bits per heavy atom. The van der Waals surface area contributed by atoms with E-state index in [9.17, 15) is 0 Å². The van der Waals surface area contributed by atoms with Gasteiger partial charge in [0.05, 0.1) is 0 Å². The predicted octanol–water partition coefficient (Wildman–Crippen LogP) is 1.53. The number of rotatable bonds is 2. The van der Waals surface area contributed by atoms with E-state index < -0.39 is 0 Å². The van der Waals surface area contributed by atoms with Crippen LogP contribution in [-0.2, 0) is 0 Å². The zero-order valence-electron chi connectivity index (χ0n) is 11.9. The molecule has 100 valence electrons.